The van der Waals surface area contributed by atoms with Gasteiger partial charge in [0.25, 0.3) is 0 Å². The van der Waals surface area contributed by atoms with Crippen molar-refractivity contribution in [1.82, 2.24) is 25.7 Å². The predicted octanol–water partition coefficient (Wildman–Crippen LogP) is 2.05. The van der Waals surface area contributed by atoms with Gasteiger partial charge in [-0.05, 0) is 30.0 Å². The number of aromatic nitrogens is 2. The topological polar surface area (TPSA) is 83.3 Å². The number of hydrogen-bond acceptors (Lipinski definition) is 3. The van der Waals surface area contributed by atoms with Crippen LogP contribution >= 0.6 is 0 Å². The highest BCUT2D eigenvalue weighted by atomic mass is 16.2. The number of carbonyl (C=O) groups excluding carboxylic acids is 1. The first-order chi connectivity index (χ1) is 13.7. The van der Waals surface area contributed by atoms with E-state index in [4.69, 9.17) is 0 Å². The fourth-order valence-electron chi connectivity index (χ4n) is 3.54. The van der Waals surface area contributed by atoms with E-state index in [-0.39, 0.29) is 12.5 Å². The van der Waals surface area contributed by atoms with Crippen LogP contribution in [0.1, 0.15) is 43.2 Å². The maximum atomic E-state index is 12.2. The molecule has 1 heterocycles. The van der Waals surface area contributed by atoms with E-state index in [1.165, 1.54) is 30.4 Å². The van der Waals surface area contributed by atoms with Gasteiger partial charge >= 0.3 is 0 Å². The van der Waals surface area contributed by atoms with E-state index in [0.29, 0.717) is 18.5 Å². The van der Waals surface area contributed by atoms with E-state index >= 15 is 0 Å². The molecule has 0 bridgehead atoms. The lowest BCUT2D eigenvalue weighted by molar-refractivity contribution is -0.120. The van der Waals surface area contributed by atoms with Crippen molar-refractivity contribution in [3.63, 3.8) is 0 Å². The molecule has 0 saturated heterocycles. The molecular weight excluding hydrogens is 352 g/mol. The van der Waals surface area contributed by atoms with Crippen molar-refractivity contribution < 1.29 is 4.79 Å². The Hall–Kier alpha value is -2.83. The zero-order valence-corrected chi connectivity index (χ0v) is 16.5. The third-order valence-electron chi connectivity index (χ3n) is 5.07. The summed E-state index contributed by atoms with van der Waals surface area (Å²) in [6.07, 6.45) is 9.61. The van der Waals surface area contributed by atoms with Crippen LogP contribution in [0.25, 0.3) is 0 Å². The molecule has 1 saturated carbocycles. The van der Waals surface area contributed by atoms with E-state index in [2.05, 4.69) is 38.2 Å². The molecule has 2 aromatic rings. The summed E-state index contributed by atoms with van der Waals surface area (Å²) in [6, 6.07) is 10.5. The molecule has 1 aliphatic rings. The van der Waals surface area contributed by atoms with Crippen molar-refractivity contribution in [3.05, 3.63) is 53.9 Å². The first-order valence-electron chi connectivity index (χ1n) is 10.0. The Morgan fingerprint density at radius 2 is 1.93 bits per heavy atom. The maximum absolute atomic E-state index is 12.2. The van der Waals surface area contributed by atoms with Gasteiger partial charge in [-0.15, -0.1) is 0 Å². The van der Waals surface area contributed by atoms with Crippen molar-refractivity contribution in [1.29, 1.82) is 0 Å². The summed E-state index contributed by atoms with van der Waals surface area (Å²) in [5.74, 6) is 0.640. The summed E-state index contributed by atoms with van der Waals surface area (Å²) in [5.41, 5.74) is 2.37. The average Bonchev–Trinajstić information content (AvgIpc) is 3.23. The van der Waals surface area contributed by atoms with Crippen LogP contribution in [0.3, 0.4) is 0 Å². The summed E-state index contributed by atoms with van der Waals surface area (Å²) >= 11 is 0. The summed E-state index contributed by atoms with van der Waals surface area (Å²) < 4.78 is 1.90. The molecule has 0 aliphatic heterocycles. The van der Waals surface area contributed by atoms with Gasteiger partial charge in [-0.2, -0.15) is 5.10 Å². The number of amides is 1. The maximum Gasteiger partial charge on any atom is 0.239 e. The molecule has 1 amide bonds. The van der Waals surface area contributed by atoms with E-state index in [0.717, 1.165) is 19.4 Å². The molecule has 3 rings (SSSR count). The van der Waals surface area contributed by atoms with Crippen molar-refractivity contribution in [2.24, 2.45) is 4.99 Å². The van der Waals surface area contributed by atoms with Crippen LogP contribution in [0, 0.1) is 0 Å². The first-order valence-corrected chi connectivity index (χ1v) is 10.0. The number of carbonyl (C=O) groups is 1. The smallest absolute Gasteiger partial charge is 0.239 e. The molecule has 0 spiro atoms. The van der Waals surface area contributed by atoms with E-state index in [9.17, 15) is 4.79 Å². The van der Waals surface area contributed by atoms with Crippen molar-refractivity contribution >= 4 is 11.9 Å². The Labute approximate surface area is 166 Å². The molecule has 1 aromatic heterocycles. The van der Waals surface area contributed by atoms with Crippen LogP contribution in [0.5, 0.6) is 0 Å². The van der Waals surface area contributed by atoms with Gasteiger partial charge in [-0.25, -0.2) is 0 Å². The highest BCUT2D eigenvalue weighted by Crippen LogP contribution is 2.17. The minimum Gasteiger partial charge on any atom is -0.352 e. The number of rotatable bonds is 7. The lowest BCUT2D eigenvalue weighted by atomic mass is 9.95. The highest BCUT2D eigenvalue weighted by Gasteiger charge is 2.15. The van der Waals surface area contributed by atoms with Crippen LogP contribution in [0.4, 0.5) is 0 Å². The van der Waals surface area contributed by atoms with Gasteiger partial charge in [0.15, 0.2) is 5.96 Å². The van der Waals surface area contributed by atoms with Gasteiger partial charge in [0.2, 0.25) is 5.91 Å². The van der Waals surface area contributed by atoms with E-state index < -0.39 is 0 Å². The molecule has 0 atom stereocenters. The Morgan fingerprint density at radius 1 is 1.14 bits per heavy atom. The number of hydrogen-bond donors (Lipinski definition) is 3. The summed E-state index contributed by atoms with van der Waals surface area (Å²) in [4.78, 5) is 16.4. The molecule has 28 heavy (non-hydrogen) atoms. The van der Waals surface area contributed by atoms with Crippen molar-refractivity contribution in [2.45, 2.75) is 51.2 Å². The number of nitrogens with one attached hydrogen (secondary N) is 3. The zero-order chi connectivity index (χ0) is 19.6. The van der Waals surface area contributed by atoms with Gasteiger partial charge in [0.1, 0.15) is 0 Å². The Bertz CT molecular complexity index is 765. The second-order valence-corrected chi connectivity index (χ2v) is 7.15. The molecule has 3 N–H and O–H groups in total. The molecule has 1 aliphatic carbocycles. The molecule has 1 fully saturated rings. The second kappa shape index (κ2) is 10.5. The van der Waals surface area contributed by atoms with Gasteiger partial charge in [-0.3, -0.25) is 14.5 Å². The van der Waals surface area contributed by atoms with Crippen molar-refractivity contribution in [2.75, 3.05) is 13.6 Å². The first kappa shape index (κ1) is 19.9. The molecular formula is C21H30N6O. The van der Waals surface area contributed by atoms with Crippen LogP contribution in [-0.2, 0) is 17.9 Å². The number of nitrogens with zero attached hydrogens (tertiary/aromatic N) is 3. The number of aliphatic imine (C=N–C) groups is 1. The zero-order valence-electron chi connectivity index (χ0n) is 16.5. The third kappa shape index (κ3) is 6.11. The SMILES string of the molecule is CN=C(NCC(=O)NC1CCCCC1)NCc1ccccc1Cn1cccn1. The van der Waals surface area contributed by atoms with Crippen LogP contribution in [0.2, 0.25) is 0 Å². The normalized spacial score (nSPS) is 15.2. The second-order valence-electron chi connectivity index (χ2n) is 7.15. The van der Waals surface area contributed by atoms with E-state index in [1.807, 2.05) is 29.1 Å². The molecule has 150 valence electrons. The molecule has 7 heteroatoms. The van der Waals surface area contributed by atoms with Crippen LogP contribution < -0.4 is 16.0 Å². The summed E-state index contributed by atoms with van der Waals surface area (Å²) in [6.45, 7) is 1.58. The Kier molecular flexibility index (Phi) is 7.46. The highest BCUT2D eigenvalue weighted by molar-refractivity contribution is 5.86. The number of benzene rings is 1. The number of guanidine groups is 1. The molecule has 7 nitrogen and oxygen atoms in total. The van der Waals surface area contributed by atoms with Gasteiger partial charge in [-0.1, -0.05) is 43.5 Å². The lowest BCUT2D eigenvalue weighted by Crippen LogP contribution is -2.45. The van der Waals surface area contributed by atoms with Crippen LogP contribution in [-0.4, -0.2) is 41.3 Å². The quantitative estimate of drug-likeness (QED) is 0.506. The molecule has 1 aromatic carbocycles. The summed E-state index contributed by atoms with van der Waals surface area (Å²) in [7, 11) is 1.71. The Morgan fingerprint density at radius 3 is 2.64 bits per heavy atom. The van der Waals surface area contributed by atoms with Gasteiger partial charge < -0.3 is 16.0 Å². The summed E-state index contributed by atoms with van der Waals surface area (Å²) in [5, 5.41) is 13.8. The average molecular weight is 383 g/mol. The van der Waals surface area contributed by atoms with E-state index in [1.54, 1.807) is 13.2 Å². The third-order valence-corrected chi connectivity index (χ3v) is 5.07. The minimum atomic E-state index is 0.0222. The fourth-order valence-corrected chi connectivity index (χ4v) is 3.54. The van der Waals surface area contributed by atoms with Gasteiger partial charge in [0.05, 0.1) is 13.1 Å². The minimum absolute atomic E-state index is 0.0222. The Balaban J connectivity index is 1.47. The van der Waals surface area contributed by atoms with Crippen molar-refractivity contribution in [3.8, 4) is 0 Å². The standard InChI is InChI=1S/C21H30N6O/c1-22-21(24-15-20(28)26-19-10-3-2-4-11-19)23-14-17-8-5-6-9-18(17)16-27-13-7-12-25-27/h5-9,12-13,19H,2-4,10-11,14-16H2,1H3,(H,26,28)(H2,22,23,24). The predicted molar refractivity (Wildman–Crippen MR) is 111 cm³/mol. The molecule has 0 radical (unpaired) electrons. The lowest BCUT2D eigenvalue weighted by Gasteiger charge is -2.23. The largest absolute Gasteiger partial charge is 0.352 e. The van der Waals surface area contributed by atoms with Gasteiger partial charge in [0, 0.05) is 32.0 Å². The van der Waals surface area contributed by atoms with Crippen LogP contribution in [0.15, 0.2) is 47.7 Å². The monoisotopic (exact) mass is 382 g/mol. The fraction of sp³-hybridized carbons (Fsp3) is 0.476. The molecule has 0 unspecified atom stereocenters.